The molecule has 0 radical (unpaired) electrons. The molecule has 2 aromatic rings. The molecule has 10 heteroatoms. The number of aliphatic hydroxyl groups excluding tert-OH is 2. The SMILES string of the molecule is C[C@@H](O)C#Cc1ccc2c(c1)O[C@@H](CN(C)C(=O)Cc1ccccn1)[C@@H](C)CN([C@@H](C)CO)S2(=O)=O. The number of carbonyl (C=O) groups excluding carboxylic acids is 1. The summed E-state index contributed by atoms with van der Waals surface area (Å²) in [6.45, 7) is 5.03. The van der Waals surface area contributed by atoms with Crippen LogP contribution in [0.2, 0.25) is 0 Å². The molecule has 1 aliphatic heterocycles. The van der Waals surface area contributed by atoms with Crippen LogP contribution in [0.4, 0.5) is 0 Å². The van der Waals surface area contributed by atoms with E-state index in [1.807, 2.05) is 13.0 Å². The zero-order chi connectivity index (χ0) is 26.5. The van der Waals surface area contributed by atoms with Gasteiger partial charge in [-0.25, -0.2) is 8.42 Å². The smallest absolute Gasteiger partial charge is 0.247 e. The molecule has 0 fully saturated rings. The highest BCUT2D eigenvalue weighted by Crippen LogP contribution is 2.34. The highest BCUT2D eigenvalue weighted by molar-refractivity contribution is 7.89. The Bertz CT molecular complexity index is 1220. The summed E-state index contributed by atoms with van der Waals surface area (Å²) in [5.41, 5.74) is 1.14. The van der Waals surface area contributed by atoms with Crippen molar-refractivity contribution in [2.75, 3.05) is 26.7 Å². The fourth-order valence-corrected chi connectivity index (χ4v) is 5.70. The molecule has 1 amide bonds. The molecule has 0 aliphatic carbocycles. The average molecular weight is 516 g/mol. The van der Waals surface area contributed by atoms with E-state index in [9.17, 15) is 23.4 Å². The third kappa shape index (κ3) is 6.62. The van der Waals surface area contributed by atoms with E-state index >= 15 is 0 Å². The van der Waals surface area contributed by atoms with Crippen molar-refractivity contribution in [3.05, 3.63) is 53.9 Å². The van der Waals surface area contributed by atoms with Crippen molar-refractivity contribution >= 4 is 15.9 Å². The standard InChI is InChI=1S/C26H33N3O6S/c1-18-15-29(19(2)17-30)36(33,34)25-11-10-21(9-8-20(3)31)13-23(25)35-24(18)16-28(4)26(32)14-22-7-5-6-12-27-22/h5-7,10-13,18-20,24,30-31H,14-17H2,1-4H3/t18-,19-,20+,24-/m0/s1. The zero-order valence-corrected chi connectivity index (χ0v) is 21.8. The Labute approximate surface area is 212 Å². The molecule has 0 saturated carbocycles. The number of aromatic nitrogens is 1. The van der Waals surface area contributed by atoms with Crippen molar-refractivity contribution in [2.24, 2.45) is 5.92 Å². The number of carbonyl (C=O) groups is 1. The summed E-state index contributed by atoms with van der Waals surface area (Å²) in [5.74, 6) is 5.12. The van der Waals surface area contributed by atoms with Crippen molar-refractivity contribution < 1.29 is 28.2 Å². The van der Waals surface area contributed by atoms with Gasteiger partial charge in [0, 0.05) is 43.0 Å². The maximum atomic E-state index is 13.5. The number of pyridine rings is 1. The van der Waals surface area contributed by atoms with E-state index in [-0.39, 0.29) is 48.6 Å². The van der Waals surface area contributed by atoms with Gasteiger partial charge >= 0.3 is 0 Å². The Balaban J connectivity index is 1.96. The lowest BCUT2D eigenvalue weighted by molar-refractivity contribution is -0.130. The normalized spacial score (nSPS) is 20.9. The fourth-order valence-electron chi connectivity index (χ4n) is 3.87. The lowest BCUT2D eigenvalue weighted by atomic mass is 10.0. The van der Waals surface area contributed by atoms with Gasteiger partial charge in [-0.05, 0) is 44.2 Å². The molecular formula is C26H33N3O6S. The average Bonchev–Trinajstić information content (AvgIpc) is 2.84. The molecule has 36 heavy (non-hydrogen) atoms. The number of likely N-dealkylation sites (N-methyl/N-ethyl adjacent to an activating group) is 1. The maximum Gasteiger partial charge on any atom is 0.247 e. The van der Waals surface area contributed by atoms with E-state index in [0.29, 0.717) is 11.3 Å². The number of rotatable bonds is 6. The second-order valence-corrected chi connectivity index (χ2v) is 11.0. The summed E-state index contributed by atoms with van der Waals surface area (Å²) in [4.78, 5) is 18.6. The van der Waals surface area contributed by atoms with E-state index in [1.54, 1.807) is 43.3 Å². The second kappa shape index (κ2) is 11.8. The zero-order valence-electron chi connectivity index (χ0n) is 21.0. The topological polar surface area (TPSA) is 120 Å². The van der Waals surface area contributed by atoms with E-state index in [1.165, 1.54) is 23.4 Å². The molecule has 0 bridgehead atoms. The maximum absolute atomic E-state index is 13.5. The Morgan fingerprint density at radius 2 is 2.06 bits per heavy atom. The molecule has 2 N–H and O–H groups in total. The van der Waals surface area contributed by atoms with Crippen LogP contribution in [0.3, 0.4) is 0 Å². The van der Waals surface area contributed by atoms with Gasteiger partial charge in [-0.3, -0.25) is 9.78 Å². The molecule has 194 valence electrons. The van der Waals surface area contributed by atoms with Gasteiger partial charge < -0.3 is 19.8 Å². The first kappa shape index (κ1) is 27.6. The molecule has 3 rings (SSSR count). The van der Waals surface area contributed by atoms with E-state index in [0.717, 1.165) is 0 Å². The van der Waals surface area contributed by atoms with Gasteiger partial charge in [0.1, 0.15) is 22.9 Å². The predicted octanol–water partition coefficient (Wildman–Crippen LogP) is 1.28. The Hall–Kier alpha value is -2.97. The summed E-state index contributed by atoms with van der Waals surface area (Å²) >= 11 is 0. The molecule has 0 saturated heterocycles. The Morgan fingerprint density at radius 3 is 2.69 bits per heavy atom. The molecule has 2 heterocycles. The molecular weight excluding hydrogens is 482 g/mol. The summed E-state index contributed by atoms with van der Waals surface area (Å²) in [6, 6.07) is 9.25. The Morgan fingerprint density at radius 1 is 1.31 bits per heavy atom. The highest BCUT2D eigenvalue weighted by Gasteiger charge is 2.38. The van der Waals surface area contributed by atoms with Crippen LogP contribution in [0, 0.1) is 17.8 Å². The number of hydrogen-bond acceptors (Lipinski definition) is 7. The van der Waals surface area contributed by atoms with Crippen LogP contribution in [0.15, 0.2) is 47.5 Å². The van der Waals surface area contributed by atoms with E-state index in [4.69, 9.17) is 4.74 Å². The van der Waals surface area contributed by atoms with Crippen molar-refractivity contribution in [1.82, 2.24) is 14.2 Å². The van der Waals surface area contributed by atoms with Crippen LogP contribution < -0.4 is 4.74 Å². The van der Waals surface area contributed by atoms with Crippen molar-refractivity contribution in [2.45, 2.75) is 50.3 Å². The molecule has 4 atom stereocenters. The third-order valence-corrected chi connectivity index (χ3v) is 8.05. The van der Waals surface area contributed by atoms with Gasteiger partial charge in [-0.15, -0.1) is 0 Å². The molecule has 1 aliphatic rings. The number of hydrogen-bond donors (Lipinski definition) is 2. The molecule has 1 aromatic carbocycles. The Kier molecular flexibility index (Phi) is 9.08. The van der Waals surface area contributed by atoms with Gasteiger partial charge in [0.15, 0.2) is 0 Å². The summed E-state index contributed by atoms with van der Waals surface area (Å²) in [6.07, 6.45) is 0.389. The largest absolute Gasteiger partial charge is 0.487 e. The van der Waals surface area contributed by atoms with Gasteiger partial charge in [0.2, 0.25) is 15.9 Å². The van der Waals surface area contributed by atoms with Crippen LogP contribution in [0.1, 0.15) is 32.0 Å². The van der Waals surface area contributed by atoms with E-state index < -0.39 is 28.3 Å². The first-order chi connectivity index (χ1) is 17.0. The molecule has 9 nitrogen and oxygen atoms in total. The number of aliphatic hydroxyl groups is 2. The first-order valence-electron chi connectivity index (χ1n) is 11.8. The first-order valence-corrected chi connectivity index (χ1v) is 13.2. The van der Waals surface area contributed by atoms with Gasteiger partial charge in [0.25, 0.3) is 0 Å². The van der Waals surface area contributed by atoms with Gasteiger partial charge in [-0.1, -0.05) is 24.8 Å². The van der Waals surface area contributed by atoms with E-state index in [2.05, 4.69) is 16.8 Å². The predicted molar refractivity (Wildman–Crippen MR) is 135 cm³/mol. The minimum Gasteiger partial charge on any atom is -0.487 e. The highest BCUT2D eigenvalue weighted by atomic mass is 32.2. The van der Waals surface area contributed by atoms with Crippen LogP contribution in [0.5, 0.6) is 5.75 Å². The molecule has 0 unspecified atom stereocenters. The lowest BCUT2D eigenvalue weighted by Crippen LogP contribution is -2.50. The monoisotopic (exact) mass is 515 g/mol. The number of nitrogens with zero attached hydrogens (tertiary/aromatic N) is 3. The summed E-state index contributed by atoms with van der Waals surface area (Å²) in [5, 5.41) is 19.3. The fraction of sp³-hybridized carbons (Fsp3) is 0.462. The van der Waals surface area contributed by atoms with Gasteiger partial charge in [0.05, 0.1) is 19.6 Å². The summed E-state index contributed by atoms with van der Waals surface area (Å²) < 4.78 is 34.6. The number of benzene rings is 1. The van der Waals surface area contributed by atoms with Crippen molar-refractivity contribution in [3.8, 4) is 17.6 Å². The minimum absolute atomic E-state index is 0.0373. The number of sulfonamides is 1. The van der Waals surface area contributed by atoms with Crippen molar-refractivity contribution in [3.63, 3.8) is 0 Å². The van der Waals surface area contributed by atoms with Crippen LogP contribution >= 0.6 is 0 Å². The second-order valence-electron chi connectivity index (χ2n) is 9.12. The minimum atomic E-state index is -3.98. The number of ether oxygens (including phenoxy) is 1. The summed E-state index contributed by atoms with van der Waals surface area (Å²) in [7, 11) is -2.30. The van der Waals surface area contributed by atoms with Crippen molar-refractivity contribution in [1.29, 1.82) is 0 Å². The lowest BCUT2D eigenvalue weighted by Gasteiger charge is -2.37. The third-order valence-electron chi connectivity index (χ3n) is 6.03. The van der Waals surface area contributed by atoms with Crippen LogP contribution in [0.25, 0.3) is 0 Å². The molecule has 0 spiro atoms. The molecule has 1 aromatic heterocycles. The van der Waals surface area contributed by atoms with Crippen LogP contribution in [-0.4, -0.2) is 83.7 Å². The number of amides is 1. The van der Waals surface area contributed by atoms with Crippen LogP contribution in [-0.2, 0) is 21.2 Å². The quantitative estimate of drug-likeness (QED) is 0.556. The van der Waals surface area contributed by atoms with Gasteiger partial charge in [-0.2, -0.15) is 4.31 Å². The number of fused-ring (bicyclic) bond motifs is 1.